The van der Waals surface area contributed by atoms with Gasteiger partial charge in [-0.25, -0.2) is 13.1 Å². The smallest absolute Gasteiger partial charge is 0.241 e. The summed E-state index contributed by atoms with van der Waals surface area (Å²) >= 11 is 0. The molecule has 0 fully saturated rings. The Morgan fingerprint density at radius 2 is 1.62 bits per heavy atom. The number of nitrogens with one attached hydrogen (secondary N) is 1. The molecule has 2 aromatic rings. The van der Waals surface area contributed by atoms with Crippen LogP contribution in [-0.4, -0.2) is 28.2 Å². The van der Waals surface area contributed by atoms with Gasteiger partial charge in [0, 0.05) is 18.1 Å². The van der Waals surface area contributed by atoms with E-state index in [0.29, 0.717) is 37.7 Å². The fourth-order valence-electron chi connectivity index (χ4n) is 2.91. The number of rotatable bonds is 3. The SMILES string of the molecule is O=S(=O)(NC1CCOc2ccccc21)c1ccc2c(c1)OCCO2. The molecule has 2 heterocycles. The summed E-state index contributed by atoms with van der Waals surface area (Å²) in [7, 11) is -3.68. The minimum Gasteiger partial charge on any atom is -0.493 e. The molecule has 1 N–H and O–H groups in total. The van der Waals surface area contributed by atoms with Crippen LogP contribution in [0.3, 0.4) is 0 Å². The maximum absolute atomic E-state index is 12.7. The predicted molar refractivity (Wildman–Crippen MR) is 87.0 cm³/mol. The highest BCUT2D eigenvalue weighted by Crippen LogP contribution is 2.35. The maximum atomic E-state index is 12.7. The fourth-order valence-corrected chi connectivity index (χ4v) is 4.18. The topological polar surface area (TPSA) is 73.9 Å². The molecular weight excluding hydrogens is 330 g/mol. The van der Waals surface area contributed by atoms with E-state index in [9.17, 15) is 8.42 Å². The molecule has 0 amide bonds. The highest BCUT2D eigenvalue weighted by molar-refractivity contribution is 7.89. The lowest BCUT2D eigenvalue weighted by Gasteiger charge is -2.26. The van der Waals surface area contributed by atoms with E-state index in [-0.39, 0.29) is 10.9 Å². The molecule has 1 atom stereocenters. The van der Waals surface area contributed by atoms with Crippen molar-refractivity contribution in [3.8, 4) is 17.2 Å². The van der Waals surface area contributed by atoms with Crippen molar-refractivity contribution in [3.63, 3.8) is 0 Å². The van der Waals surface area contributed by atoms with Crippen molar-refractivity contribution in [3.05, 3.63) is 48.0 Å². The number of sulfonamides is 1. The van der Waals surface area contributed by atoms with Gasteiger partial charge >= 0.3 is 0 Å². The zero-order valence-corrected chi connectivity index (χ0v) is 13.7. The average molecular weight is 347 g/mol. The number of ether oxygens (including phenoxy) is 3. The van der Waals surface area contributed by atoms with Gasteiger partial charge in [0.15, 0.2) is 11.5 Å². The summed E-state index contributed by atoms with van der Waals surface area (Å²) in [6.07, 6.45) is 0.584. The molecular formula is C17H17NO5S. The van der Waals surface area contributed by atoms with E-state index in [0.717, 1.165) is 11.3 Å². The molecule has 2 aromatic carbocycles. The van der Waals surface area contributed by atoms with E-state index >= 15 is 0 Å². The van der Waals surface area contributed by atoms with Gasteiger partial charge in [-0.3, -0.25) is 0 Å². The summed E-state index contributed by atoms with van der Waals surface area (Å²) in [5, 5.41) is 0. The van der Waals surface area contributed by atoms with Crippen molar-refractivity contribution in [1.82, 2.24) is 4.72 Å². The van der Waals surface area contributed by atoms with Gasteiger partial charge in [-0.15, -0.1) is 0 Å². The molecule has 0 spiro atoms. The van der Waals surface area contributed by atoms with Crippen molar-refractivity contribution in [2.24, 2.45) is 0 Å². The Bertz CT molecular complexity index is 865. The maximum Gasteiger partial charge on any atom is 0.241 e. The van der Waals surface area contributed by atoms with Crippen LogP contribution >= 0.6 is 0 Å². The van der Waals surface area contributed by atoms with E-state index in [2.05, 4.69) is 4.72 Å². The normalized spacial score (nSPS) is 19.2. The molecule has 126 valence electrons. The van der Waals surface area contributed by atoms with Crippen LogP contribution in [0, 0.1) is 0 Å². The molecule has 0 bridgehead atoms. The molecule has 0 aromatic heterocycles. The highest BCUT2D eigenvalue weighted by Gasteiger charge is 2.27. The van der Waals surface area contributed by atoms with Crippen LogP contribution in [0.4, 0.5) is 0 Å². The quantitative estimate of drug-likeness (QED) is 0.922. The van der Waals surface area contributed by atoms with Crippen LogP contribution in [0.5, 0.6) is 17.2 Å². The Morgan fingerprint density at radius 1 is 0.875 bits per heavy atom. The van der Waals surface area contributed by atoms with Crippen LogP contribution in [-0.2, 0) is 10.0 Å². The second-order valence-corrected chi connectivity index (χ2v) is 7.37. The number of benzene rings is 2. The molecule has 2 aliphatic heterocycles. The van der Waals surface area contributed by atoms with Crippen molar-refractivity contribution < 1.29 is 22.6 Å². The second kappa shape index (κ2) is 5.99. The Balaban J connectivity index is 1.62. The Kier molecular flexibility index (Phi) is 3.82. The van der Waals surface area contributed by atoms with Crippen LogP contribution in [0.2, 0.25) is 0 Å². The molecule has 7 heteroatoms. The second-order valence-electron chi connectivity index (χ2n) is 5.65. The molecule has 24 heavy (non-hydrogen) atoms. The molecule has 0 aliphatic carbocycles. The van der Waals surface area contributed by atoms with E-state index in [1.54, 1.807) is 6.07 Å². The summed E-state index contributed by atoms with van der Waals surface area (Å²) in [6, 6.07) is 11.8. The van der Waals surface area contributed by atoms with Crippen molar-refractivity contribution in [2.75, 3.05) is 19.8 Å². The summed E-state index contributed by atoms with van der Waals surface area (Å²) in [5.74, 6) is 1.74. The molecule has 1 unspecified atom stereocenters. The predicted octanol–water partition coefficient (Wildman–Crippen LogP) is 2.26. The molecule has 4 rings (SSSR count). The van der Waals surface area contributed by atoms with Gasteiger partial charge in [-0.1, -0.05) is 18.2 Å². The molecule has 0 radical (unpaired) electrons. The van der Waals surface area contributed by atoms with E-state index in [1.165, 1.54) is 12.1 Å². The van der Waals surface area contributed by atoms with Gasteiger partial charge in [-0.05, 0) is 18.2 Å². The molecule has 0 saturated heterocycles. The zero-order valence-electron chi connectivity index (χ0n) is 12.9. The summed E-state index contributed by atoms with van der Waals surface area (Å²) < 4.78 is 44.7. The number of hydrogen-bond donors (Lipinski definition) is 1. The number of fused-ring (bicyclic) bond motifs is 2. The monoisotopic (exact) mass is 347 g/mol. The lowest BCUT2D eigenvalue weighted by atomic mass is 10.0. The van der Waals surface area contributed by atoms with Gasteiger partial charge in [0.25, 0.3) is 0 Å². The molecule has 0 saturated carbocycles. The van der Waals surface area contributed by atoms with Crippen molar-refractivity contribution >= 4 is 10.0 Å². The minimum atomic E-state index is -3.68. The van der Waals surface area contributed by atoms with Crippen molar-refractivity contribution in [1.29, 1.82) is 0 Å². The summed E-state index contributed by atoms with van der Waals surface area (Å²) in [5.41, 5.74) is 0.852. The third kappa shape index (κ3) is 2.81. The highest BCUT2D eigenvalue weighted by atomic mass is 32.2. The van der Waals surface area contributed by atoms with Crippen LogP contribution < -0.4 is 18.9 Å². The largest absolute Gasteiger partial charge is 0.493 e. The van der Waals surface area contributed by atoms with Gasteiger partial charge in [0.1, 0.15) is 19.0 Å². The van der Waals surface area contributed by atoms with E-state index in [1.807, 2.05) is 24.3 Å². The summed E-state index contributed by atoms with van der Waals surface area (Å²) in [4.78, 5) is 0.163. The van der Waals surface area contributed by atoms with Crippen molar-refractivity contribution in [2.45, 2.75) is 17.4 Å². The average Bonchev–Trinajstić information content (AvgIpc) is 2.61. The first-order chi connectivity index (χ1) is 11.6. The summed E-state index contributed by atoms with van der Waals surface area (Å²) in [6.45, 7) is 1.36. The van der Waals surface area contributed by atoms with E-state index in [4.69, 9.17) is 14.2 Å². The minimum absolute atomic E-state index is 0.163. The molecule has 6 nitrogen and oxygen atoms in total. The van der Waals surface area contributed by atoms with Gasteiger partial charge in [0.05, 0.1) is 17.5 Å². The van der Waals surface area contributed by atoms with Crippen LogP contribution in [0.25, 0.3) is 0 Å². The lowest BCUT2D eigenvalue weighted by Crippen LogP contribution is -2.32. The first kappa shape index (κ1) is 15.3. The fraction of sp³-hybridized carbons (Fsp3) is 0.294. The lowest BCUT2D eigenvalue weighted by molar-refractivity contribution is 0.171. The third-order valence-corrected chi connectivity index (χ3v) is 5.55. The van der Waals surface area contributed by atoms with Gasteiger partial charge in [0.2, 0.25) is 10.0 Å². The van der Waals surface area contributed by atoms with Gasteiger partial charge in [-0.2, -0.15) is 0 Å². The first-order valence-corrected chi connectivity index (χ1v) is 9.25. The number of hydrogen-bond acceptors (Lipinski definition) is 5. The van der Waals surface area contributed by atoms with Gasteiger partial charge < -0.3 is 14.2 Å². The van der Waals surface area contributed by atoms with Crippen LogP contribution in [0.15, 0.2) is 47.4 Å². The Hall–Kier alpha value is -2.25. The Labute approximate surface area is 140 Å². The standard InChI is InChI=1S/C17H17NO5S/c19-24(20,12-5-6-16-17(11-12)23-10-9-22-16)18-14-7-8-21-15-4-2-1-3-13(14)15/h1-6,11,14,18H,7-10H2. The Morgan fingerprint density at radius 3 is 2.50 bits per heavy atom. The first-order valence-electron chi connectivity index (χ1n) is 7.77. The van der Waals surface area contributed by atoms with Crippen LogP contribution in [0.1, 0.15) is 18.0 Å². The zero-order chi connectivity index (χ0) is 16.6. The van der Waals surface area contributed by atoms with E-state index < -0.39 is 10.0 Å². The molecule has 2 aliphatic rings. The number of para-hydroxylation sites is 1. The third-order valence-electron chi connectivity index (χ3n) is 4.08.